The molecule has 7 nitrogen and oxygen atoms in total. The van der Waals surface area contributed by atoms with Crippen LogP contribution in [0.15, 0.2) is 17.5 Å². The summed E-state index contributed by atoms with van der Waals surface area (Å²) in [5.41, 5.74) is 0. The molecule has 26 heavy (non-hydrogen) atoms. The molecule has 2 fully saturated rings. The van der Waals surface area contributed by atoms with E-state index in [2.05, 4.69) is 9.80 Å². The number of carbonyl (C=O) groups is 1. The summed E-state index contributed by atoms with van der Waals surface area (Å²) in [7, 11) is 0. The second-order valence-electron chi connectivity index (χ2n) is 6.82. The summed E-state index contributed by atoms with van der Waals surface area (Å²) in [6.45, 7) is 8.19. The first-order valence-electron chi connectivity index (χ1n) is 9.29. The van der Waals surface area contributed by atoms with E-state index in [1.165, 1.54) is 4.88 Å². The number of hydrogen-bond donors (Lipinski definition) is 1. The average molecular weight is 384 g/mol. The van der Waals surface area contributed by atoms with Gasteiger partial charge >= 0.3 is 0 Å². The predicted octanol–water partition coefficient (Wildman–Crippen LogP) is 0.102. The highest BCUT2D eigenvalue weighted by Crippen LogP contribution is 2.10. The van der Waals surface area contributed by atoms with Crippen LogP contribution < -0.4 is 0 Å². The Bertz CT molecular complexity index is 529. The lowest BCUT2D eigenvalue weighted by Crippen LogP contribution is -2.52. The maximum atomic E-state index is 12.3. The van der Waals surface area contributed by atoms with Gasteiger partial charge in [-0.15, -0.1) is 11.3 Å². The Kier molecular flexibility index (Phi) is 7.85. The Morgan fingerprint density at radius 3 is 2.62 bits per heavy atom. The number of amides is 1. The molecular weight excluding hydrogens is 354 g/mol. The van der Waals surface area contributed by atoms with Crippen molar-refractivity contribution < 1.29 is 19.4 Å². The molecule has 1 N–H and O–H groups in total. The number of morpholine rings is 1. The van der Waals surface area contributed by atoms with Gasteiger partial charge in [0.1, 0.15) is 0 Å². The molecule has 1 atom stereocenters. The number of hydrogen-bond acceptors (Lipinski definition) is 7. The molecule has 1 amide bonds. The average Bonchev–Trinajstić information content (AvgIpc) is 3.17. The van der Waals surface area contributed by atoms with Crippen molar-refractivity contribution in [3.05, 3.63) is 22.4 Å². The normalized spacial score (nSPS) is 21.0. The number of ether oxygens (including phenoxy) is 2. The Balaban J connectivity index is 1.28. The van der Waals surface area contributed by atoms with Crippen LogP contribution in [-0.2, 0) is 20.9 Å². The number of aliphatic hydroxyl groups excluding tert-OH is 1. The van der Waals surface area contributed by atoms with Crippen LogP contribution in [0, 0.1) is 0 Å². The van der Waals surface area contributed by atoms with Crippen molar-refractivity contribution in [3.63, 3.8) is 0 Å². The van der Waals surface area contributed by atoms with Gasteiger partial charge in [0, 0.05) is 50.7 Å². The fraction of sp³-hybridized carbons (Fsp3) is 0.722. The molecule has 2 aliphatic heterocycles. The van der Waals surface area contributed by atoms with Gasteiger partial charge in [0.25, 0.3) is 0 Å². The molecule has 2 aliphatic rings. The first-order chi connectivity index (χ1) is 12.7. The van der Waals surface area contributed by atoms with Crippen molar-refractivity contribution in [1.82, 2.24) is 14.7 Å². The topological polar surface area (TPSA) is 65.5 Å². The van der Waals surface area contributed by atoms with Gasteiger partial charge in [0.05, 0.1) is 39.1 Å². The lowest BCUT2D eigenvalue weighted by molar-refractivity contribution is -0.137. The number of rotatable bonds is 8. The van der Waals surface area contributed by atoms with Crippen LogP contribution in [0.4, 0.5) is 0 Å². The molecule has 0 radical (unpaired) electrons. The molecule has 146 valence electrons. The molecule has 8 heteroatoms. The summed E-state index contributed by atoms with van der Waals surface area (Å²) in [5.74, 6) is 0.198. The summed E-state index contributed by atoms with van der Waals surface area (Å²) in [6, 6.07) is 4.04. The molecule has 3 rings (SSSR count). The minimum absolute atomic E-state index is 0.198. The van der Waals surface area contributed by atoms with Gasteiger partial charge in [0.2, 0.25) is 5.91 Å². The van der Waals surface area contributed by atoms with Crippen LogP contribution in [0.5, 0.6) is 0 Å². The number of carbonyl (C=O) groups excluding carboxylic acids is 1. The maximum Gasteiger partial charge on any atom is 0.236 e. The fourth-order valence-corrected chi connectivity index (χ4v) is 3.92. The van der Waals surface area contributed by atoms with Crippen LogP contribution in [0.2, 0.25) is 0 Å². The van der Waals surface area contributed by atoms with Crippen LogP contribution in [-0.4, -0.2) is 104 Å². The molecule has 3 heterocycles. The standard InChI is InChI=1S/C18H29N3O4S/c22-16(14-25-15-17-2-1-11-26-17)12-19-3-5-20(6-4-19)13-18(23)21-7-9-24-10-8-21/h1-2,11,16,22H,3-10,12-15H2. The number of aliphatic hydroxyl groups is 1. The third kappa shape index (κ3) is 6.29. The Labute approximate surface area is 159 Å². The van der Waals surface area contributed by atoms with Crippen molar-refractivity contribution in [2.24, 2.45) is 0 Å². The Hall–Kier alpha value is -1.03. The van der Waals surface area contributed by atoms with Crippen LogP contribution in [0.1, 0.15) is 4.88 Å². The molecular formula is C18H29N3O4S. The predicted molar refractivity (Wildman–Crippen MR) is 100 cm³/mol. The van der Waals surface area contributed by atoms with Gasteiger partial charge in [-0.05, 0) is 11.4 Å². The highest BCUT2D eigenvalue weighted by molar-refractivity contribution is 7.09. The van der Waals surface area contributed by atoms with E-state index in [-0.39, 0.29) is 5.91 Å². The van der Waals surface area contributed by atoms with E-state index >= 15 is 0 Å². The molecule has 0 aromatic carbocycles. The van der Waals surface area contributed by atoms with Crippen molar-refractivity contribution in [2.75, 3.05) is 72.2 Å². The van der Waals surface area contributed by atoms with Gasteiger partial charge in [-0.3, -0.25) is 14.6 Å². The molecule has 0 bridgehead atoms. The summed E-state index contributed by atoms with van der Waals surface area (Å²) in [4.78, 5) is 19.8. The van der Waals surface area contributed by atoms with Gasteiger partial charge in [-0.1, -0.05) is 6.07 Å². The van der Waals surface area contributed by atoms with E-state index < -0.39 is 6.10 Å². The van der Waals surface area contributed by atoms with E-state index in [1.54, 1.807) is 11.3 Å². The minimum atomic E-state index is -0.475. The van der Waals surface area contributed by atoms with Gasteiger partial charge in [-0.25, -0.2) is 0 Å². The third-order valence-corrected chi connectivity index (χ3v) is 5.64. The minimum Gasteiger partial charge on any atom is -0.389 e. The highest BCUT2D eigenvalue weighted by atomic mass is 32.1. The highest BCUT2D eigenvalue weighted by Gasteiger charge is 2.23. The fourth-order valence-electron chi connectivity index (χ4n) is 3.28. The van der Waals surface area contributed by atoms with E-state index in [4.69, 9.17) is 9.47 Å². The first kappa shape index (κ1) is 19.7. The van der Waals surface area contributed by atoms with Gasteiger partial charge in [-0.2, -0.15) is 0 Å². The molecule has 0 spiro atoms. The summed E-state index contributed by atoms with van der Waals surface area (Å²) < 4.78 is 10.9. The lowest BCUT2D eigenvalue weighted by atomic mass is 10.2. The van der Waals surface area contributed by atoms with Gasteiger partial charge in [0.15, 0.2) is 0 Å². The summed E-state index contributed by atoms with van der Waals surface area (Å²) in [5, 5.41) is 12.2. The second kappa shape index (κ2) is 10.3. The number of thiophene rings is 1. The molecule has 1 aromatic heterocycles. The first-order valence-corrected chi connectivity index (χ1v) is 10.2. The smallest absolute Gasteiger partial charge is 0.236 e. The summed E-state index contributed by atoms with van der Waals surface area (Å²) >= 11 is 1.66. The van der Waals surface area contributed by atoms with E-state index in [1.807, 2.05) is 22.4 Å². The second-order valence-corrected chi connectivity index (χ2v) is 7.85. The number of β-amino-alcohol motifs (C(OH)–C–C–N with tert-alkyl or cyclic N) is 1. The lowest BCUT2D eigenvalue weighted by Gasteiger charge is -2.36. The van der Waals surface area contributed by atoms with Crippen molar-refractivity contribution >= 4 is 17.2 Å². The van der Waals surface area contributed by atoms with E-state index in [0.717, 1.165) is 26.2 Å². The van der Waals surface area contributed by atoms with E-state index in [9.17, 15) is 9.90 Å². The van der Waals surface area contributed by atoms with Crippen LogP contribution in [0.25, 0.3) is 0 Å². The third-order valence-electron chi connectivity index (χ3n) is 4.79. The number of nitrogens with zero attached hydrogens (tertiary/aromatic N) is 3. The largest absolute Gasteiger partial charge is 0.389 e. The van der Waals surface area contributed by atoms with Gasteiger partial charge < -0.3 is 19.5 Å². The summed E-state index contributed by atoms with van der Waals surface area (Å²) in [6.07, 6.45) is -0.475. The Morgan fingerprint density at radius 1 is 1.19 bits per heavy atom. The molecule has 1 aromatic rings. The molecule has 1 unspecified atom stereocenters. The molecule has 2 saturated heterocycles. The van der Waals surface area contributed by atoms with Crippen LogP contribution >= 0.6 is 11.3 Å². The molecule has 0 saturated carbocycles. The van der Waals surface area contributed by atoms with Crippen LogP contribution in [0.3, 0.4) is 0 Å². The zero-order valence-corrected chi connectivity index (χ0v) is 16.0. The zero-order valence-electron chi connectivity index (χ0n) is 15.2. The maximum absolute atomic E-state index is 12.3. The SMILES string of the molecule is O=C(CN1CCN(CC(O)COCc2cccs2)CC1)N1CCOCC1. The van der Waals surface area contributed by atoms with Crippen molar-refractivity contribution in [1.29, 1.82) is 0 Å². The number of piperazine rings is 1. The zero-order chi connectivity index (χ0) is 18.2. The molecule has 0 aliphatic carbocycles. The van der Waals surface area contributed by atoms with E-state index in [0.29, 0.717) is 52.6 Å². The Morgan fingerprint density at radius 2 is 1.92 bits per heavy atom. The monoisotopic (exact) mass is 383 g/mol. The quantitative estimate of drug-likeness (QED) is 0.687. The van der Waals surface area contributed by atoms with Crippen molar-refractivity contribution in [2.45, 2.75) is 12.7 Å². The van der Waals surface area contributed by atoms with Crippen molar-refractivity contribution in [3.8, 4) is 0 Å².